The van der Waals surface area contributed by atoms with Gasteiger partial charge in [-0.15, -0.1) is 0 Å². The van der Waals surface area contributed by atoms with E-state index in [2.05, 4.69) is 29.6 Å². The Bertz CT molecular complexity index is 707. The SMILES string of the molecule is CCC(O)(CC)CNC(=O)OCC1c2ccccc2-c2ccccc21. The molecule has 0 fully saturated rings. The summed E-state index contributed by atoms with van der Waals surface area (Å²) < 4.78 is 5.46. The second kappa shape index (κ2) is 7.28. The average molecular weight is 339 g/mol. The first-order chi connectivity index (χ1) is 12.1. The van der Waals surface area contributed by atoms with E-state index in [1.165, 1.54) is 22.3 Å². The lowest BCUT2D eigenvalue weighted by molar-refractivity contribution is 0.0308. The van der Waals surface area contributed by atoms with Gasteiger partial charge in [-0.2, -0.15) is 0 Å². The van der Waals surface area contributed by atoms with Crippen LogP contribution in [0.4, 0.5) is 4.79 Å². The number of carbonyl (C=O) groups is 1. The molecule has 0 spiro atoms. The molecule has 0 saturated carbocycles. The molecule has 1 amide bonds. The van der Waals surface area contributed by atoms with Crippen molar-refractivity contribution >= 4 is 6.09 Å². The Morgan fingerprint density at radius 2 is 1.56 bits per heavy atom. The Morgan fingerprint density at radius 1 is 1.04 bits per heavy atom. The van der Waals surface area contributed by atoms with Gasteiger partial charge in [-0.1, -0.05) is 62.4 Å². The van der Waals surface area contributed by atoms with Crippen LogP contribution in [0.1, 0.15) is 43.7 Å². The Labute approximate surface area is 148 Å². The summed E-state index contributed by atoms with van der Waals surface area (Å²) in [5.74, 6) is 0.0504. The summed E-state index contributed by atoms with van der Waals surface area (Å²) in [6.07, 6.45) is 0.697. The molecule has 0 radical (unpaired) electrons. The predicted molar refractivity (Wildman–Crippen MR) is 98.6 cm³/mol. The van der Waals surface area contributed by atoms with E-state index in [1.807, 2.05) is 38.1 Å². The molecule has 0 saturated heterocycles. The van der Waals surface area contributed by atoms with Crippen LogP contribution in [0.5, 0.6) is 0 Å². The van der Waals surface area contributed by atoms with Crippen molar-refractivity contribution in [2.75, 3.05) is 13.2 Å². The third-order valence-electron chi connectivity index (χ3n) is 5.22. The van der Waals surface area contributed by atoms with E-state index < -0.39 is 11.7 Å². The molecule has 0 bridgehead atoms. The van der Waals surface area contributed by atoms with Crippen molar-refractivity contribution in [3.63, 3.8) is 0 Å². The molecule has 0 unspecified atom stereocenters. The topological polar surface area (TPSA) is 58.6 Å². The highest BCUT2D eigenvalue weighted by Crippen LogP contribution is 2.44. The van der Waals surface area contributed by atoms with Crippen LogP contribution in [-0.4, -0.2) is 30.0 Å². The Hall–Kier alpha value is -2.33. The van der Waals surface area contributed by atoms with Gasteiger partial charge in [-0.25, -0.2) is 4.79 Å². The van der Waals surface area contributed by atoms with E-state index in [-0.39, 0.29) is 19.1 Å². The lowest BCUT2D eigenvalue weighted by atomic mass is 9.98. The number of alkyl carbamates (subject to hydrolysis) is 1. The van der Waals surface area contributed by atoms with Crippen molar-refractivity contribution in [2.24, 2.45) is 0 Å². The van der Waals surface area contributed by atoms with Crippen LogP contribution in [-0.2, 0) is 4.74 Å². The molecule has 4 heteroatoms. The maximum absolute atomic E-state index is 12.1. The smallest absolute Gasteiger partial charge is 0.407 e. The lowest BCUT2D eigenvalue weighted by Crippen LogP contribution is -2.42. The summed E-state index contributed by atoms with van der Waals surface area (Å²) in [7, 11) is 0. The zero-order chi connectivity index (χ0) is 17.9. The van der Waals surface area contributed by atoms with Gasteiger partial charge in [-0.05, 0) is 35.1 Å². The summed E-state index contributed by atoms with van der Waals surface area (Å²) in [4.78, 5) is 12.1. The van der Waals surface area contributed by atoms with Gasteiger partial charge in [0.1, 0.15) is 6.61 Å². The maximum atomic E-state index is 12.1. The van der Waals surface area contributed by atoms with E-state index in [9.17, 15) is 9.90 Å². The first kappa shape index (κ1) is 17.5. The standard InChI is InChI=1S/C21H25NO3/c1-3-21(24,4-2)14-22-20(23)25-13-19-17-11-7-5-9-15(17)16-10-6-8-12-18(16)19/h5-12,19,24H,3-4,13-14H2,1-2H3,(H,22,23). The number of hydrogen-bond acceptors (Lipinski definition) is 3. The molecular formula is C21H25NO3. The molecule has 0 aliphatic heterocycles. The normalized spacial score (nSPS) is 13.2. The quantitative estimate of drug-likeness (QED) is 0.834. The van der Waals surface area contributed by atoms with Crippen molar-refractivity contribution in [1.29, 1.82) is 0 Å². The van der Waals surface area contributed by atoms with Gasteiger partial charge in [-0.3, -0.25) is 0 Å². The number of fused-ring (bicyclic) bond motifs is 3. The van der Waals surface area contributed by atoms with Gasteiger partial charge in [0.25, 0.3) is 0 Å². The molecule has 1 aliphatic carbocycles. The molecule has 3 rings (SSSR count). The average Bonchev–Trinajstić information content (AvgIpc) is 2.98. The fourth-order valence-electron chi connectivity index (χ4n) is 3.39. The molecule has 4 nitrogen and oxygen atoms in total. The van der Waals surface area contributed by atoms with Crippen LogP contribution in [0.25, 0.3) is 11.1 Å². The van der Waals surface area contributed by atoms with E-state index in [0.29, 0.717) is 12.8 Å². The van der Waals surface area contributed by atoms with Crippen LogP contribution in [0.2, 0.25) is 0 Å². The molecule has 25 heavy (non-hydrogen) atoms. The van der Waals surface area contributed by atoms with E-state index in [1.54, 1.807) is 0 Å². The number of ether oxygens (including phenoxy) is 1. The fraction of sp³-hybridized carbons (Fsp3) is 0.381. The zero-order valence-electron chi connectivity index (χ0n) is 14.8. The Balaban J connectivity index is 1.67. The number of rotatable bonds is 6. The minimum Gasteiger partial charge on any atom is -0.449 e. The fourth-order valence-corrected chi connectivity index (χ4v) is 3.39. The van der Waals surface area contributed by atoms with Crippen molar-refractivity contribution in [2.45, 2.75) is 38.2 Å². The van der Waals surface area contributed by atoms with Crippen LogP contribution >= 0.6 is 0 Å². The second-order valence-electron chi connectivity index (χ2n) is 6.61. The summed E-state index contributed by atoms with van der Waals surface area (Å²) in [6.45, 7) is 4.30. The molecule has 132 valence electrons. The maximum Gasteiger partial charge on any atom is 0.407 e. The zero-order valence-corrected chi connectivity index (χ0v) is 14.8. The number of benzene rings is 2. The van der Waals surface area contributed by atoms with Crippen molar-refractivity contribution in [3.05, 3.63) is 59.7 Å². The summed E-state index contributed by atoms with van der Waals surface area (Å²) in [5, 5.41) is 12.9. The van der Waals surface area contributed by atoms with Gasteiger partial charge >= 0.3 is 6.09 Å². The number of aliphatic hydroxyl groups is 1. The van der Waals surface area contributed by atoms with Crippen molar-refractivity contribution in [1.82, 2.24) is 5.32 Å². The predicted octanol–water partition coefficient (Wildman–Crippen LogP) is 4.08. The van der Waals surface area contributed by atoms with Crippen molar-refractivity contribution in [3.8, 4) is 11.1 Å². The summed E-state index contributed by atoms with van der Waals surface area (Å²) >= 11 is 0. The van der Waals surface area contributed by atoms with Gasteiger partial charge in [0.15, 0.2) is 0 Å². The molecule has 2 aromatic rings. The highest BCUT2D eigenvalue weighted by molar-refractivity contribution is 5.79. The largest absolute Gasteiger partial charge is 0.449 e. The minimum absolute atomic E-state index is 0.0504. The number of amides is 1. The first-order valence-electron chi connectivity index (χ1n) is 8.89. The van der Waals surface area contributed by atoms with Gasteiger partial charge < -0.3 is 15.2 Å². The van der Waals surface area contributed by atoms with Gasteiger partial charge in [0.05, 0.1) is 5.60 Å². The van der Waals surface area contributed by atoms with Crippen molar-refractivity contribution < 1.29 is 14.6 Å². The molecule has 2 N–H and O–H groups in total. The van der Waals surface area contributed by atoms with E-state index in [4.69, 9.17) is 4.74 Å². The van der Waals surface area contributed by atoms with E-state index >= 15 is 0 Å². The van der Waals surface area contributed by atoms with Crippen LogP contribution in [0.15, 0.2) is 48.5 Å². The highest BCUT2D eigenvalue weighted by Gasteiger charge is 2.29. The first-order valence-corrected chi connectivity index (χ1v) is 8.89. The van der Waals surface area contributed by atoms with Gasteiger partial charge in [0, 0.05) is 12.5 Å². The number of nitrogens with one attached hydrogen (secondary N) is 1. The minimum atomic E-state index is -0.869. The summed E-state index contributed by atoms with van der Waals surface area (Å²) in [5.41, 5.74) is 3.92. The van der Waals surface area contributed by atoms with Crippen LogP contribution in [0.3, 0.4) is 0 Å². The van der Waals surface area contributed by atoms with Gasteiger partial charge in [0.2, 0.25) is 0 Å². The second-order valence-corrected chi connectivity index (χ2v) is 6.61. The lowest BCUT2D eigenvalue weighted by Gasteiger charge is -2.25. The Morgan fingerprint density at radius 3 is 2.08 bits per heavy atom. The number of carbonyl (C=O) groups excluding carboxylic acids is 1. The Kier molecular flexibility index (Phi) is 5.09. The number of hydrogen-bond donors (Lipinski definition) is 2. The third kappa shape index (κ3) is 3.54. The third-order valence-corrected chi connectivity index (χ3v) is 5.22. The molecule has 1 aliphatic rings. The summed E-state index contributed by atoms with van der Waals surface area (Å²) in [6, 6.07) is 16.5. The molecule has 0 aromatic heterocycles. The monoisotopic (exact) mass is 339 g/mol. The van der Waals surface area contributed by atoms with Crippen LogP contribution < -0.4 is 5.32 Å². The van der Waals surface area contributed by atoms with Crippen LogP contribution in [0, 0.1) is 0 Å². The molecule has 0 atom stereocenters. The molecule has 2 aromatic carbocycles. The highest BCUT2D eigenvalue weighted by atomic mass is 16.5. The molecule has 0 heterocycles. The van der Waals surface area contributed by atoms with E-state index in [0.717, 1.165) is 0 Å². The molecular weight excluding hydrogens is 314 g/mol.